The molecule has 1 aliphatic heterocycles. The fourth-order valence-electron chi connectivity index (χ4n) is 3.24. The van der Waals surface area contributed by atoms with Gasteiger partial charge in [0.15, 0.2) is 0 Å². The Morgan fingerprint density at radius 1 is 1.30 bits per heavy atom. The van der Waals surface area contributed by atoms with Crippen molar-refractivity contribution in [3.63, 3.8) is 0 Å². The molecule has 7 nitrogen and oxygen atoms in total. The molecule has 1 aromatic carbocycles. The van der Waals surface area contributed by atoms with E-state index < -0.39 is 0 Å². The molecule has 1 fully saturated rings. The number of piperidine rings is 1. The van der Waals surface area contributed by atoms with Crippen molar-refractivity contribution in [1.29, 1.82) is 0 Å². The smallest absolute Gasteiger partial charge is 0.236 e. The zero-order valence-corrected chi connectivity index (χ0v) is 15.8. The molecule has 0 saturated carbocycles. The van der Waals surface area contributed by atoms with Crippen LogP contribution in [0.25, 0.3) is 11.4 Å². The molecule has 3 aromatic rings. The van der Waals surface area contributed by atoms with Gasteiger partial charge in [0, 0.05) is 36.1 Å². The molecule has 0 atom stereocenters. The highest BCUT2D eigenvalue weighted by Crippen LogP contribution is 2.29. The Balaban J connectivity index is 1.34. The van der Waals surface area contributed by atoms with Crippen LogP contribution in [0, 0.1) is 0 Å². The van der Waals surface area contributed by atoms with Gasteiger partial charge < -0.3 is 14.2 Å². The molecule has 8 heteroatoms. The number of aromatic nitrogens is 3. The molecule has 0 spiro atoms. The molecule has 1 amide bonds. The van der Waals surface area contributed by atoms with Gasteiger partial charge >= 0.3 is 0 Å². The standard InChI is InChI=1S/C19H20N4O3S/c1-25-15-4-2-13(3-5-15)18-21-16(26-22-18)12-17(24)23-9-6-14(7-10-23)19-20-8-11-27-19/h2-5,8,11,14H,6-7,9-10,12H2,1H3. The number of rotatable bonds is 5. The second-order valence-electron chi connectivity index (χ2n) is 6.44. The van der Waals surface area contributed by atoms with E-state index in [1.807, 2.05) is 40.7 Å². The van der Waals surface area contributed by atoms with Crippen molar-refractivity contribution in [2.24, 2.45) is 0 Å². The largest absolute Gasteiger partial charge is 0.497 e. The lowest BCUT2D eigenvalue weighted by atomic mass is 9.97. The van der Waals surface area contributed by atoms with Crippen LogP contribution in [0.3, 0.4) is 0 Å². The third-order valence-electron chi connectivity index (χ3n) is 4.77. The fraction of sp³-hybridized carbons (Fsp3) is 0.368. The molecule has 2 aromatic heterocycles. The minimum Gasteiger partial charge on any atom is -0.497 e. The zero-order valence-electron chi connectivity index (χ0n) is 15.0. The number of benzene rings is 1. The fourth-order valence-corrected chi connectivity index (χ4v) is 4.05. The summed E-state index contributed by atoms with van der Waals surface area (Å²) in [5.74, 6) is 2.06. The van der Waals surface area contributed by atoms with Gasteiger partial charge in [-0.2, -0.15) is 4.98 Å². The molecule has 0 N–H and O–H groups in total. The summed E-state index contributed by atoms with van der Waals surface area (Å²) in [6.07, 6.45) is 3.86. The quantitative estimate of drug-likeness (QED) is 0.672. The van der Waals surface area contributed by atoms with E-state index in [4.69, 9.17) is 9.26 Å². The molecule has 1 saturated heterocycles. The number of ether oxygens (including phenoxy) is 1. The third-order valence-corrected chi connectivity index (χ3v) is 5.71. The molecule has 27 heavy (non-hydrogen) atoms. The number of methoxy groups -OCH3 is 1. The third kappa shape index (κ3) is 4.00. The van der Waals surface area contributed by atoms with Crippen molar-refractivity contribution < 1.29 is 14.1 Å². The van der Waals surface area contributed by atoms with Crippen molar-refractivity contribution >= 4 is 17.2 Å². The first-order valence-electron chi connectivity index (χ1n) is 8.87. The molecule has 0 bridgehead atoms. The SMILES string of the molecule is COc1ccc(-c2noc(CC(=O)N3CCC(c4nccs4)CC3)n2)cc1. The molecule has 3 heterocycles. The molecular formula is C19H20N4O3S. The second kappa shape index (κ2) is 7.87. The molecule has 0 radical (unpaired) electrons. The van der Waals surface area contributed by atoms with Crippen LogP contribution in [-0.2, 0) is 11.2 Å². The maximum absolute atomic E-state index is 12.6. The molecule has 0 aliphatic carbocycles. The lowest BCUT2D eigenvalue weighted by molar-refractivity contribution is -0.131. The van der Waals surface area contributed by atoms with Crippen LogP contribution in [0.5, 0.6) is 5.75 Å². The van der Waals surface area contributed by atoms with Crippen molar-refractivity contribution in [1.82, 2.24) is 20.0 Å². The van der Waals surface area contributed by atoms with Crippen molar-refractivity contribution in [2.45, 2.75) is 25.2 Å². The van der Waals surface area contributed by atoms with E-state index in [-0.39, 0.29) is 12.3 Å². The zero-order chi connectivity index (χ0) is 18.6. The highest BCUT2D eigenvalue weighted by Gasteiger charge is 2.26. The second-order valence-corrected chi connectivity index (χ2v) is 7.37. The Morgan fingerprint density at radius 3 is 2.74 bits per heavy atom. The topological polar surface area (TPSA) is 81.4 Å². The van der Waals surface area contributed by atoms with Gasteiger partial charge in [0.05, 0.1) is 12.1 Å². The average Bonchev–Trinajstić information content (AvgIpc) is 3.40. The predicted molar refractivity (Wildman–Crippen MR) is 101 cm³/mol. The minimum atomic E-state index is 0.0255. The number of thiazole rings is 1. The Bertz CT molecular complexity index is 884. The lowest BCUT2D eigenvalue weighted by Crippen LogP contribution is -2.38. The van der Waals surface area contributed by atoms with Crippen LogP contribution < -0.4 is 4.74 Å². The summed E-state index contributed by atoms with van der Waals surface area (Å²) < 4.78 is 10.4. The number of amides is 1. The van der Waals surface area contributed by atoms with Crippen LogP contribution in [0.1, 0.15) is 29.7 Å². The highest BCUT2D eigenvalue weighted by atomic mass is 32.1. The van der Waals surface area contributed by atoms with Gasteiger partial charge in [-0.25, -0.2) is 4.98 Å². The maximum Gasteiger partial charge on any atom is 0.236 e. The Kier molecular flexibility index (Phi) is 5.15. The van der Waals surface area contributed by atoms with Gasteiger partial charge in [0.2, 0.25) is 17.6 Å². The molecule has 1 aliphatic rings. The summed E-state index contributed by atoms with van der Waals surface area (Å²) in [6.45, 7) is 1.48. The number of hydrogen-bond donors (Lipinski definition) is 0. The van der Waals surface area contributed by atoms with Crippen molar-refractivity contribution in [3.05, 3.63) is 46.7 Å². The normalized spacial score (nSPS) is 15.1. The van der Waals surface area contributed by atoms with E-state index >= 15 is 0 Å². The van der Waals surface area contributed by atoms with Crippen LogP contribution in [0.2, 0.25) is 0 Å². The van der Waals surface area contributed by atoms with Crippen LogP contribution in [0.4, 0.5) is 0 Å². The molecule has 4 rings (SSSR count). The van der Waals surface area contributed by atoms with Crippen LogP contribution in [-0.4, -0.2) is 46.1 Å². The summed E-state index contributed by atoms with van der Waals surface area (Å²) in [7, 11) is 1.62. The lowest BCUT2D eigenvalue weighted by Gasteiger charge is -2.30. The Morgan fingerprint density at radius 2 is 2.07 bits per heavy atom. The maximum atomic E-state index is 12.6. The van der Waals surface area contributed by atoms with Gasteiger partial charge in [0.1, 0.15) is 12.2 Å². The van der Waals surface area contributed by atoms with E-state index in [1.165, 1.54) is 5.01 Å². The summed E-state index contributed by atoms with van der Waals surface area (Å²) in [4.78, 5) is 23.2. The van der Waals surface area contributed by atoms with Gasteiger partial charge in [-0.15, -0.1) is 11.3 Å². The molecule has 140 valence electrons. The van der Waals surface area contributed by atoms with E-state index in [1.54, 1.807) is 18.4 Å². The van der Waals surface area contributed by atoms with Crippen molar-refractivity contribution in [3.8, 4) is 17.1 Å². The first-order valence-corrected chi connectivity index (χ1v) is 9.75. The first-order chi connectivity index (χ1) is 13.2. The minimum absolute atomic E-state index is 0.0255. The summed E-state index contributed by atoms with van der Waals surface area (Å²) in [5.41, 5.74) is 0.822. The monoisotopic (exact) mass is 384 g/mol. The highest BCUT2D eigenvalue weighted by molar-refractivity contribution is 7.09. The van der Waals surface area contributed by atoms with Gasteiger partial charge in [-0.05, 0) is 37.1 Å². The summed E-state index contributed by atoms with van der Waals surface area (Å²) in [5, 5.41) is 7.15. The van der Waals surface area contributed by atoms with E-state index in [0.717, 1.165) is 37.2 Å². The average molecular weight is 384 g/mol. The number of nitrogens with zero attached hydrogens (tertiary/aromatic N) is 4. The summed E-state index contributed by atoms with van der Waals surface area (Å²) >= 11 is 1.69. The van der Waals surface area contributed by atoms with E-state index in [0.29, 0.717) is 17.6 Å². The van der Waals surface area contributed by atoms with Gasteiger partial charge in [-0.1, -0.05) is 5.16 Å². The van der Waals surface area contributed by atoms with Crippen LogP contribution >= 0.6 is 11.3 Å². The molecule has 0 unspecified atom stereocenters. The van der Waals surface area contributed by atoms with E-state index in [9.17, 15) is 4.79 Å². The van der Waals surface area contributed by atoms with E-state index in [2.05, 4.69) is 15.1 Å². The van der Waals surface area contributed by atoms with Crippen molar-refractivity contribution in [2.75, 3.05) is 20.2 Å². The Labute approximate surface area is 161 Å². The Hall–Kier alpha value is -2.74. The van der Waals surface area contributed by atoms with Crippen LogP contribution in [0.15, 0.2) is 40.4 Å². The predicted octanol–water partition coefficient (Wildman–Crippen LogP) is 3.15. The number of carbonyl (C=O) groups excluding carboxylic acids is 1. The first kappa shape index (κ1) is 17.7. The molecular weight excluding hydrogens is 364 g/mol. The number of carbonyl (C=O) groups is 1. The van der Waals surface area contributed by atoms with Gasteiger partial charge in [-0.3, -0.25) is 4.79 Å². The number of hydrogen-bond acceptors (Lipinski definition) is 7. The summed E-state index contributed by atoms with van der Waals surface area (Å²) in [6, 6.07) is 7.39. The van der Waals surface area contributed by atoms with Gasteiger partial charge in [0.25, 0.3) is 0 Å². The number of likely N-dealkylation sites (tertiary alicyclic amines) is 1.